The van der Waals surface area contributed by atoms with E-state index in [2.05, 4.69) is 15.8 Å². The van der Waals surface area contributed by atoms with Crippen LogP contribution in [0.1, 0.15) is 42.2 Å². The summed E-state index contributed by atoms with van der Waals surface area (Å²) in [5, 5.41) is 0. The van der Waals surface area contributed by atoms with Crippen molar-refractivity contribution in [3.8, 4) is 11.5 Å². The number of hydrogen-bond acceptors (Lipinski definition) is 7. The Bertz CT molecular complexity index is 963. The van der Waals surface area contributed by atoms with Crippen LogP contribution >= 0.6 is 0 Å². The largest absolute Gasteiger partial charge is 0.490 e. The predicted octanol–water partition coefficient (Wildman–Crippen LogP) is 1.77. The Labute approximate surface area is 194 Å². The molecule has 2 saturated heterocycles. The Kier molecular flexibility index (Phi) is 7.41. The minimum atomic E-state index is -0.287. The number of amides is 2. The second-order valence-electron chi connectivity index (χ2n) is 8.06. The van der Waals surface area contributed by atoms with Crippen LogP contribution in [0.2, 0.25) is 0 Å². The number of rotatable bonds is 7. The number of carbonyl (C=O) groups excluding carboxylic acids is 2. The quantitative estimate of drug-likeness (QED) is 0.660. The minimum Gasteiger partial charge on any atom is -0.490 e. The van der Waals surface area contributed by atoms with Gasteiger partial charge in [0.2, 0.25) is 5.91 Å². The lowest BCUT2D eigenvalue weighted by molar-refractivity contribution is -0.134. The maximum atomic E-state index is 13.1. The lowest BCUT2D eigenvalue weighted by Crippen LogP contribution is -2.54. The zero-order chi connectivity index (χ0) is 23.2. The lowest BCUT2D eigenvalue weighted by atomic mass is 10.0. The standard InChI is InChI=1S/C24H31N5O4/c1-3-32-21-6-5-18(15-22(21)33-4-2)23(30)28-11-13-29(14-12-28)24(31)20-16-19(26-27-20)17-7-9-25-10-8-17/h5-10,15,19-20,26-27H,3-4,11-14,16H2,1-2H3. The number of hydrogen-bond donors (Lipinski definition) is 2. The molecular weight excluding hydrogens is 422 g/mol. The van der Waals surface area contributed by atoms with Gasteiger partial charge in [-0.15, -0.1) is 0 Å². The second kappa shape index (κ2) is 10.6. The molecule has 9 heteroatoms. The van der Waals surface area contributed by atoms with Gasteiger partial charge in [-0.3, -0.25) is 14.6 Å². The fourth-order valence-electron chi connectivity index (χ4n) is 4.25. The molecule has 2 fully saturated rings. The molecule has 2 atom stereocenters. The molecule has 0 spiro atoms. The van der Waals surface area contributed by atoms with Crippen LogP contribution in [0.3, 0.4) is 0 Å². The van der Waals surface area contributed by atoms with Crippen LogP contribution in [0.25, 0.3) is 0 Å². The van der Waals surface area contributed by atoms with Gasteiger partial charge in [0.25, 0.3) is 5.91 Å². The van der Waals surface area contributed by atoms with E-state index in [-0.39, 0.29) is 23.9 Å². The summed E-state index contributed by atoms with van der Waals surface area (Å²) in [7, 11) is 0. The molecule has 2 aliphatic heterocycles. The predicted molar refractivity (Wildman–Crippen MR) is 123 cm³/mol. The summed E-state index contributed by atoms with van der Waals surface area (Å²) >= 11 is 0. The van der Waals surface area contributed by atoms with E-state index in [4.69, 9.17) is 9.47 Å². The molecular formula is C24H31N5O4. The third-order valence-electron chi connectivity index (χ3n) is 5.98. The molecule has 2 aromatic rings. The number of carbonyl (C=O) groups is 2. The van der Waals surface area contributed by atoms with Crippen molar-refractivity contribution in [1.82, 2.24) is 25.6 Å². The lowest BCUT2D eigenvalue weighted by Gasteiger charge is -2.36. The van der Waals surface area contributed by atoms with Crippen LogP contribution in [0.5, 0.6) is 11.5 Å². The highest BCUT2D eigenvalue weighted by Crippen LogP contribution is 2.29. The van der Waals surface area contributed by atoms with E-state index < -0.39 is 0 Å². The van der Waals surface area contributed by atoms with Gasteiger partial charge in [-0.1, -0.05) is 0 Å². The Morgan fingerprint density at radius 1 is 0.939 bits per heavy atom. The fourth-order valence-corrected chi connectivity index (χ4v) is 4.25. The zero-order valence-corrected chi connectivity index (χ0v) is 19.1. The van der Waals surface area contributed by atoms with Crippen LogP contribution in [0.15, 0.2) is 42.7 Å². The van der Waals surface area contributed by atoms with E-state index in [0.29, 0.717) is 62.9 Å². The molecule has 1 aromatic heterocycles. The average Bonchev–Trinajstić information content (AvgIpc) is 3.36. The molecule has 4 rings (SSSR count). The van der Waals surface area contributed by atoms with Crippen LogP contribution in [-0.2, 0) is 4.79 Å². The summed E-state index contributed by atoms with van der Waals surface area (Å²) in [5.41, 5.74) is 8.00. The summed E-state index contributed by atoms with van der Waals surface area (Å²) in [6.45, 7) is 6.84. The summed E-state index contributed by atoms with van der Waals surface area (Å²) in [5.74, 6) is 1.20. The van der Waals surface area contributed by atoms with Crippen molar-refractivity contribution in [3.63, 3.8) is 0 Å². The number of nitrogens with zero attached hydrogens (tertiary/aromatic N) is 3. The molecule has 0 radical (unpaired) electrons. The number of pyridine rings is 1. The number of nitrogens with one attached hydrogen (secondary N) is 2. The summed E-state index contributed by atoms with van der Waals surface area (Å²) in [4.78, 5) is 33.7. The van der Waals surface area contributed by atoms with E-state index in [1.54, 1.807) is 35.5 Å². The van der Waals surface area contributed by atoms with Crippen molar-refractivity contribution < 1.29 is 19.1 Å². The van der Waals surface area contributed by atoms with Gasteiger partial charge in [0, 0.05) is 50.2 Å². The van der Waals surface area contributed by atoms with E-state index in [1.807, 2.05) is 30.9 Å². The summed E-state index contributed by atoms with van der Waals surface area (Å²) in [6.07, 6.45) is 4.18. The maximum absolute atomic E-state index is 13.1. The first-order valence-electron chi connectivity index (χ1n) is 11.5. The molecule has 0 aliphatic carbocycles. The molecule has 33 heavy (non-hydrogen) atoms. The molecule has 2 aliphatic rings. The third kappa shape index (κ3) is 5.26. The van der Waals surface area contributed by atoms with Crippen molar-refractivity contribution in [2.75, 3.05) is 39.4 Å². The van der Waals surface area contributed by atoms with Crippen molar-refractivity contribution in [2.45, 2.75) is 32.4 Å². The van der Waals surface area contributed by atoms with Gasteiger partial charge in [-0.05, 0) is 56.2 Å². The Morgan fingerprint density at radius 2 is 1.61 bits per heavy atom. The van der Waals surface area contributed by atoms with Crippen molar-refractivity contribution >= 4 is 11.8 Å². The van der Waals surface area contributed by atoms with Crippen LogP contribution in [-0.4, -0.2) is 72.0 Å². The highest BCUT2D eigenvalue weighted by molar-refractivity contribution is 5.95. The monoisotopic (exact) mass is 453 g/mol. The van der Waals surface area contributed by atoms with Crippen molar-refractivity contribution in [3.05, 3.63) is 53.9 Å². The Balaban J connectivity index is 1.32. The summed E-state index contributed by atoms with van der Waals surface area (Å²) < 4.78 is 11.2. The first kappa shape index (κ1) is 23.0. The van der Waals surface area contributed by atoms with E-state index in [1.165, 1.54) is 0 Å². The number of ether oxygens (including phenoxy) is 2. The average molecular weight is 454 g/mol. The third-order valence-corrected chi connectivity index (χ3v) is 5.98. The SMILES string of the molecule is CCOc1ccc(C(=O)N2CCN(C(=O)C3CC(c4ccncc4)NN3)CC2)cc1OCC. The van der Waals surface area contributed by atoms with Gasteiger partial charge in [0.15, 0.2) is 11.5 Å². The first-order chi connectivity index (χ1) is 16.1. The normalized spacial score (nSPS) is 20.5. The van der Waals surface area contributed by atoms with Gasteiger partial charge in [0.05, 0.1) is 13.2 Å². The molecule has 2 unspecified atom stereocenters. The molecule has 0 bridgehead atoms. The van der Waals surface area contributed by atoms with Gasteiger partial charge in [-0.2, -0.15) is 0 Å². The molecule has 9 nitrogen and oxygen atoms in total. The smallest absolute Gasteiger partial charge is 0.254 e. The fraction of sp³-hybridized carbons (Fsp3) is 0.458. The zero-order valence-electron chi connectivity index (χ0n) is 19.1. The van der Waals surface area contributed by atoms with Crippen molar-refractivity contribution in [1.29, 1.82) is 0 Å². The minimum absolute atomic E-state index is 0.0610. The number of piperazine rings is 1. The molecule has 3 heterocycles. The van der Waals surface area contributed by atoms with Gasteiger partial charge >= 0.3 is 0 Å². The first-order valence-corrected chi connectivity index (χ1v) is 11.5. The summed E-state index contributed by atoms with van der Waals surface area (Å²) in [6, 6.07) is 8.97. The van der Waals surface area contributed by atoms with Crippen molar-refractivity contribution in [2.24, 2.45) is 0 Å². The topological polar surface area (TPSA) is 96.0 Å². The highest BCUT2D eigenvalue weighted by Gasteiger charge is 2.34. The molecule has 0 saturated carbocycles. The highest BCUT2D eigenvalue weighted by atomic mass is 16.5. The second-order valence-corrected chi connectivity index (χ2v) is 8.06. The number of hydrazine groups is 1. The Morgan fingerprint density at radius 3 is 2.30 bits per heavy atom. The van der Waals surface area contributed by atoms with Gasteiger partial charge < -0.3 is 19.3 Å². The van der Waals surface area contributed by atoms with Crippen LogP contribution in [0.4, 0.5) is 0 Å². The molecule has 176 valence electrons. The number of aromatic nitrogens is 1. The van der Waals surface area contributed by atoms with Gasteiger partial charge in [-0.25, -0.2) is 10.9 Å². The molecule has 1 aromatic carbocycles. The maximum Gasteiger partial charge on any atom is 0.254 e. The van der Waals surface area contributed by atoms with E-state index in [0.717, 1.165) is 5.56 Å². The Hall–Kier alpha value is -3.17. The van der Waals surface area contributed by atoms with Gasteiger partial charge in [0.1, 0.15) is 6.04 Å². The van der Waals surface area contributed by atoms with E-state index in [9.17, 15) is 9.59 Å². The van der Waals surface area contributed by atoms with E-state index >= 15 is 0 Å². The molecule has 2 N–H and O–H groups in total. The van der Waals surface area contributed by atoms with Crippen LogP contribution < -0.4 is 20.3 Å². The van der Waals surface area contributed by atoms with Crippen LogP contribution in [0, 0.1) is 0 Å². The molecule has 2 amide bonds. The number of benzene rings is 1.